The fourth-order valence-corrected chi connectivity index (χ4v) is 3.87. The second-order valence-electron chi connectivity index (χ2n) is 5.13. The molecule has 2 heterocycles. The molecule has 0 bridgehead atoms. The number of thiophene rings is 1. The van der Waals surface area contributed by atoms with E-state index in [-0.39, 0.29) is 5.78 Å². The molecule has 0 radical (unpaired) electrons. The van der Waals surface area contributed by atoms with Crippen LogP contribution in [0.25, 0.3) is 0 Å². The lowest BCUT2D eigenvalue weighted by molar-refractivity contribution is 0.0891. The first-order valence-corrected chi connectivity index (χ1v) is 8.00. The number of halogens is 1. The first-order valence-electron chi connectivity index (χ1n) is 6.74. The highest BCUT2D eigenvalue weighted by molar-refractivity contribution is 7.10. The van der Waals surface area contributed by atoms with Gasteiger partial charge in [0.1, 0.15) is 0 Å². The molecule has 0 aliphatic carbocycles. The predicted molar refractivity (Wildman–Crippen MR) is 83.8 cm³/mol. The van der Waals surface area contributed by atoms with Crippen molar-refractivity contribution in [2.24, 2.45) is 0 Å². The van der Waals surface area contributed by atoms with Crippen LogP contribution in [0.1, 0.15) is 33.8 Å². The standard InChI is InChI=1S/C16H16ClNOS/c1-11-14-6-8-20-16(14)5-7-18(11)10-15(19)12-3-2-4-13(17)9-12/h2-4,6,8-9,11H,5,7,10H2,1H3. The topological polar surface area (TPSA) is 20.3 Å². The minimum absolute atomic E-state index is 0.137. The van der Waals surface area contributed by atoms with Crippen LogP contribution in [0.4, 0.5) is 0 Å². The van der Waals surface area contributed by atoms with Gasteiger partial charge < -0.3 is 0 Å². The van der Waals surface area contributed by atoms with Crippen molar-refractivity contribution in [3.8, 4) is 0 Å². The molecule has 0 saturated carbocycles. The highest BCUT2D eigenvalue weighted by Crippen LogP contribution is 2.32. The van der Waals surface area contributed by atoms with E-state index in [1.54, 1.807) is 12.1 Å². The summed E-state index contributed by atoms with van der Waals surface area (Å²) in [5.74, 6) is 0.137. The number of fused-ring (bicyclic) bond motifs is 1. The number of carbonyl (C=O) groups is 1. The van der Waals surface area contributed by atoms with E-state index in [9.17, 15) is 4.79 Å². The number of benzene rings is 1. The molecule has 104 valence electrons. The third-order valence-corrected chi connectivity index (χ3v) is 5.13. The molecule has 2 aromatic rings. The van der Waals surface area contributed by atoms with Crippen molar-refractivity contribution < 1.29 is 4.79 Å². The highest BCUT2D eigenvalue weighted by atomic mass is 35.5. The van der Waals surface area contributed by atoms with E-state index in [1.807, 2.05) is 23.5 Å². The van der Waals surface area contributed by atoms with E-state index in [0.717, 1.165) is 13.0 Å². The number of ketones is 1. The van der Waals surface area contributed by atoms with Gasteiger partial charge in [0.15, 0.2) is 5.78 Å². The van der Waals surface area contributed by atoms with E-state index in [0.29, 0.717) is 23.2 Å². The molecule has 2 nitrogen and oxygen atoms in total. The maximum atomic E-state index is 12.4. The molecule has 20 heavy (non-hydrogen) atoms. The summed E-state index contributed by atoms with van der Waals surface area (Å²) >= 11 is 7.77. The maximum Gasteiger partial charge on any atom is 0.176 e. The molecular weight excluding hydrogens is 290 g/mol. The van der Waals surface area contributed by atoms with E-state index in [4.69, 9.17) is 11.6 Å². The Kier molecular flexibility index (Phi) is 3.92. The molecule has 1 atom stereocenters. The van der Waals surface area contributed by atoms with Gasteiger partial charge >= 0.3 is 0 Å². The predicted octanol–water partition coefficient (Wildman–Crippen LogP) is 4.20. The number of carbonyl (C=O) groups excluding carboxylic acids is 1. The number of hydrogen-bond donors (Lipinski definition) is 0. The molecule has 1 aromatic carbocycles. The summed E-state index contributed by atoms with van der Waals surface area (Å²) in [6.45, 7) is 3.58. The summed E-state index contributed by atoms with van der Waals surface area (Å²) in [5, 5.41) is 2.76. The Morgan fingerprint density at radius 2 is 2.30 bits per heavy atom. The minimum atomic E-state index is 0.137. The van der Waals surface area contributed by atoms with Crippen LogP contribution >= 0.6 is 22.9 Å². The van der Waals surface area contributed by atoms with Gasteiger partial charge in [0.05, 0.1) is 6.54 Å². The van der Waals surface area contributed by atoms with Gasteiger partial charge in [0.25, 0.3) is 0 Å². The summed E-state index contributed by atoms with van der Waals surface area (Å²) in [6, 6.07) is 9.69. The number of rotatable bonds is 3. The lowest BCUT2D eigenvalue weighted by Gasteiger charge is -2.32. The zero-order chi connectivity index (χ0) is 14.1. The Balaban J connectivity index is 1.74. The van der Waals surface area contributed by atoms with Gasteiger partial charge in [0.2, 0.25) is 0 Å². The van der Waals surface area contributed by atoms with Crippen molar-refractivity contribution in [2.75, 3.05) is 13.1 Å². The van der Waals surface area contributed by atoms with Crippen LogP contribution in [0.15, 0.2) is 35.7 Å². The molecule has 1 aliphatic heterocycles. The van der Waals surface area contributed by atoms with Crippen LogP contribution in [-0.2, 0) is 6.42 Å². The lowest BCUT2D eigenvalue weighted by atomic mass is 10.0. The van der Waals surface area contributed by atoms with E-state index < -0.39 is 0 Å². The zero-order valence-electron chi connectivity index (χ0n) is 11.3. The SMILES string of the molecule is CC1c2ccsc2CCN1CC(=O)c1cccc(Cl)c1. The van der Waals surface area contributed by atoms with E-state index in [2.05, 4.69) is 23.3 Å². The number of Topliss-reactive ketones (excluding diaryl/α,β-unsaturated/α-hetero) is 1. The van der Waals surface area contributed by atoms with Crippen LogP contribution in [-0.4, -0.2) is 23.8 Å². The Bertz CT molecular complexity index is 637. The van der Waals surface area contributed by atoms with Gasteiger partial charge in [-0.15, -0.1) is 11.3 Å². The average Bonchev–Trinajstić information content (AvgIpc) is 2.91. The highest BCUT2D eigenvalue weighted by Gasteiger charge is 2.26. The van der Waals surface area contributed by atoms with Crippen LogP contribution in [0.2, 0.25) is 5.02 Å². The van der Waals surface area contributed by atoms with E-state index >= 15 is 0 Å². The first-order chi connectivity index (χ1) is 9.65. The first kappa shape index (κ1) is 13.8. The Morgan fingerprint density at radius 1 is 1.45 bits per heavy atom. The van der Waals surface area contributed by atoms with Gasteiger partial charge in [0, 0.05) is 28.0 Å². The summed E-state index contributed by atoms with van der Waals surface area (Å²) < 4.78 is 0. The molecular formula is C16H16ClNOS. The summed E-state index contributed by atoms with van der Waals surface area (Å²) in [5.41, 5.74) is 2.07. The monoisotopic (exact) mass is 305 g/mol. The molecule has 0 fully saturated rings. The van der Waals surface area contributed by atoms with Crippen LogP contribution in [0.3, 0.4) is 0 Å². The third kappa shape index (κ3) is 2.66. The normalized spacial score (nSPS) is 18.8. The molecule has 1 aliphatic rings. The van der Waals surface area contributed by atoms with Gasteiger partial charge in [-0.1, -0.05) is 23.7 Å². The number of hydrogen-bond acceptors (Lipinski definition) is 3. The van der Waals surface area contributed by atoms with E-state index in [1.165, 1.54) is 10.4 Å². The van der Waals surface area contributed by atoms with Crippen LogP contribution in [0.5, 0.6) is 0 Å². The molecule has 0 amide bonds. The fraction of sp³-hybridized carbons (Fsp3) is 0.312. The van der Waals surface area contributed by atoms with Gasteiger partial charge in [-0.05, 0) is 42.5 Å². The summed E-state index contributed by atoms with van der Waals surface area (Å²) in [4.78, 5) is 16.1. The minimum Gasteiger partial charge on any atom is -0.293 e. The molecule has 0 spiro atoms. The van der Waals surface area contributed by atoms with Crippen molar-refractivity contribution in [3.63, 3.8) is 0 Å². The van der Waals surface area contributed by atoms with Crippen molar-refractivity contribution in [3.05, 3.63) is 56.7 Å². The van der Waals surface area contributed by atoms with Crippen molar-refractivity contribution in [2.45, 2.75) is 19.4 Å². The molecule has 0 N–H and O–H groups in total. The lowest BCUT2D eigenvalue weighted by Crippen LogP contribution is -2.37. The Morgan fingerprint density at radius 3 is 3.10 bits per heavy atom. The van der Waals surface area contributed by atoms with Crippen LogP contribution in [0, 0.1) is 0 Å². The number of nitrogens with zero attached hydrogens (tertiary/aromatic N) is 1. The average molecular weight is 306 g/mol. The summed E-state index contributed by atoms with van der Waals surface area (Å²) in [7, 11) is 0. The van der Waals surface area contributed by atoms with Crippen molar-refractivity contribution in [1.82, 2.24) is 4.90 Å². The van der Waals surface area contributed by atoms with Crippen molar-refractivity contribution >= 4 is 28.7 Å². The smallest absolute Gasteiger partial charge is 0.176 e. The third-order valence-electron chi connectivity index (χ3n) is 3.90. The fourth-order valence-electron chi connectivity index (χ4n) is 2.72. The molecule has 1 unspecified atom stereocenters. The van der Waals surface area contributed by atoms with Crippen LogP contribution < -0.4 is 0 Å². The van der Waals surface area contributed by atoms with Gasteiger partial charge in [-0.25, -0.2) is 0 Å². The second-order valence-corrected chi connectivity index (χ2v) is 6.57. The van der Waals surface area contributed by atoms with Crippen molar-refractivity contribution in [1.29, 1.82) is 0 Å². The van der Waals surface area contributed by atoms with Gasteiger partial charge in [-0.2, -0.15) is 0 Å². The van der Waals surface area contributed by atoms with Gasteiger partial charge in [-0.3, -0.25) is 9.69 Å². The Labute approximate surface area is 128 Å². The molecule has 4 heteroatoms. The molecule has 1 aromatic heterocycles. The summed E-state index contributed by atoms with van der Waals surface area (Å²) in [6.07, 6.45) is 1.04. The molecule has 3 rings (SSSR count). The molecule has 0 saturated heterocycles. The second kappa shape index (κ2) is 5.68. The maximum absolute atomic E-state index is 12.4. The largest absolute Gasteiger partial charge is 0.293 e. The zero-order valence-corrected chi connectivity index (χ0v) is 12.9. The Hall–Kier alpha value is -1.16. The quantitative estimate of drug-likeness (QED) is 0.792.